The molecule has 0 atom stereocenters. The molecule has 2 aromatic heterocycles. The van der Waals surface area contributed by atoms with Crippen LogP contribution in [0.25, 0.3) is 75.1 Å². The topological polar surface area (TPSA) is 16.4 Å². The summed E-state index contributed by atoms with van der Waals surface area (Å²) in [6, 6.07) is 60.3. The van der Waals surface area contributed by atoms with E-state index in [-0.39, 0.29) is 0 Å². The zero-order valence-corrected chi connectivity index (χ0v) is 30.7. The minimum atomic E-state index is -2.08. The number of hydrogen-bond donors (Lipinski definition) is 0. The number of hydrogen-bond acceptors (Lipinski definition) is 3. The van der Waals surface area contributed by atoms with Crippen molar-refractivity contribution < 1.29 is 4.42 Å². The van der Waals surface area contributed by atoms with Gasteiger partial charge in [-0.3, -0.25) is 0 Å². The van der Waals surface area contributed by atoms with Crippen LogP contribution in [-0.4, -0.2) is 8.07 Å². The van der Waals surface area contributed by atoms with Crippen LogP contribution in [0.2, 0.25) is 13.1 Å². The highest BCUT2D eigenvalue weighted by Gasteiger charge is 2.40. The van der Waals surface area contributed by atoms with Crippen molar-refractivity contribution in [2.45, 2.75) is 13.1 Å². The third-order valence-corrected chi connectivity index (χ3v) is 15.9. The van der Waals surface area contributed by atoms with E-state index in [0.29, 0.717) is 0 Å². The Hall–Kier alpha value is -5.94. The zero-order chi connectivity index (χ0) is 34.6. The second kappa shape index (κ2) is 11.0. The Balaban J connectivity index is 1.17. The predicted octanol–water partition coefficient (Wildman–Crippen LogP) is 13.0. The average molecular weight is 700 g/mol. The van der Waals surface area contributed by atoms with Gasteiger partial charge in [-0.1, -0.05) is 122 Å². The smallest absolute Gasteiger partial charge is 0.136 e. The summed E-state index contributed by atoms with van der Waals surface area (Å²) >= 11 is 1.87. The molecule has 11 rings (SSSR count). The number of benzene rings is 8. The first kappa shape index (κ1) is 29.8. The summed E-state index contributed by atoms with van der Waals surface area (Å²) < 4.78 is 9.00. The van der Waals surface area contributed by atoms with Crippen LogP contribution in [0.15, 0.2) is 168 Å². The standard InChI is InChI=1S/C48H33NOSSi/c1-52(2)44-27-26-41-47(36-17-5-7-21-40(36)50-41)48(44)38-25-24-33(29-45(38)52)49(39-20-11-23-43-46(39)37-18-6-8-22-42(37)51-43)32-15-9-14-31(28-32)35-19-10-13-30-12-3-4-16-34(30)35/h3-29H,1-2H3. The average Bonchev–Trinajstić information content (AvgIpc) is 3.83. The van der Waals surface area contributed by atoms with E-state index in [0.717, 1.165) is 16.9 Å². The molecule has 0 N–H and O–H groups in total. The van der Waals surface area contributed by atoms with Crippen molar-refractivity contribution in [3.8, 4) is 22.3 Å². The van der Waals surface area contributed by atoms with E-state index in [1.165, 1.54) is 85.7 Å². The number of rotatable bonds is 4. The summed E-state index contributed by atoms with van der Waals surface area (Å²) in [5.41, 5.74) is 10.6. The van der Waals surface area contributed by atoms with Crippen LogP contribution in [0, 0.1) is 0 Å². The molecule has 10 aromatic rings. The number of furan rings is 1. The van der Waals surface area contributed by atoms with Gasteiger partial charge in [0, 0.05) is 42.3 Å². The van der Waals surface area contributed by atoms with E-state index in [1.54, 1.807) is 0 Å². The number of fused-ring (bicyclic) bond motifs is 11. The van der Waals surface area contributed by atoms with Crippen molar-refractivity contribution in [2.75, 3.05) is 4.90 Å². The number of thiophene rings is 1. The lowest BCUT2D eigenvalue weighted by molar-refractivity contribution is 0.669. The van der Waals surface area contributed by atoms with Gasteiger partial charge in [0.05, 0.1) is 5.69 Å². The molecule has 0 radical (unpaired) electrons. The lowest BCUT2D eigenvalue weighted by Crippen LogP contribution is -2.49. The molecule has 0 aliphatic carbocycles. The maximum Gasteiger partial charge on any atom is 0.136 e. The molecule has 3 heterocycles. The maximum atomic E-state index is 6.39. The second-order valence-corrected chi connectivity index (χ2v) is 19.9. The van der Waals surface area contributed by atoms with Crippen LogP contribution >= 0.6 is 11.3 Å². The van der Waals surface area contributed by atoms with Gasteiger partial charge in [0.2, 0.25) is 0 Å². The monoisotopic (exact) mass is 699 g/mol. The second-order valence-electron chi connectivity index (χ2n) is 14.5. The van der Waals surface area contributed by atoms with Crippen molar-refractivity contribution in [3.05, 3.63) is 164 Å². The molecule has 0 bridgehead atoms. The van der Waals surface area contributed by atoms with Crippen LogP contribution in [0.3, 0.4) is 0 Å². The minimum Gasteiger partial charge on any atom is -0.456 e. The van der Waals surface area contributed by atoms with Gasteiger partial charge in [-0.15, -0.1) is 11.3 Å². The maximum absolute atomic E-state index is 6.39. The number of anilines is 3. The Labute approximate surface area is 306 Å². The molecule has 52 heavy (non-hydrogen) atoms. The summed E-state index contributed by atoms with van der Waals surface area (Å²) in [4.78, 5) is 2.51. The molecule has 0 amide bonds. The van der Waals surface area contributed by atoms with E-state index in [4.69, 9.17) is 4.42 Å². The van der Waals surface area contributed by atoms with E-state index in [2.05, 4.69) is 182 Å². The Morgan fingerprint density at radius 1 is 0.500 bits per heavy atom. The quantitative estimate of drug-likeness (QED) is 0.170. The molecule has 4 heteroatoms. The summed E-state index contributed by atoms with van der Waals surface area (Å²) in [7, 11) is -2.08. The van der Waals surface area contributed by atoms with Crippen LogP contribution in [0.1, 0.15) is 0 Å². The first-order chi connectivity index (χ1) is 25.5. The molecule has 1 aliphatic rings. The fourth-order valence-electron chi connectivity index (χ4n) is 8.83. The van der Waals surface area contributed by atoms with E-state index < -0.39 is 8.07 Å². The molecule has 0 unspecified atom stereocenters. The highest BCUT2D eigenvalue weighted by molar-refractivity contribution is 7.26. The first-order valence-electron chi connectivity index (χ1n) is 17.9. The molecular formula is C48H33NOSSi. The largest absolute Gasteiger partial charge is 0.456 e. The summed E-state index contributed by atoms with van der Waals surface area (Å²) in [5, 5.41) is 10.5. The van der Waals surface area contributed by atoms with Crippen LogP contribution in [0.4, 0.5) is 17.1 Å². The summed E-state index contributed by atoms with van der Waals surface area (Å²) in [6.45, 7) is 5.02. The van der Waals surface area contributed by atoms with Gasteiger partial charge in [-0.2, -0.15) is 0 Å². The number of para-hydroxylation sites is 1. The Kier molecular flexibility index (Phi) is 6.31. The van der Waals surface area contributed by atoms with E-state index in [9.17, 15) is 0 Å². The molecule has 0 saturated heterocycles. The van der Waals surface area contributed by atoms with Crippen molar-refractivity contribution in [2.24, 2.45) is 0 Å². The first-order valence-corrected chi connectivity index (χ1v) is 21.7. The Morgan fingerprint density at radius 3 is 2.15 bits per heavy atom. The SMILES string of the molecule is C[Si]1(C)c2cc(N(c3cccc(-c4cccc5ccccc45)c3)c3cccc4sc5ccccc5c34)ccc2-c2c1ccc1oc3ccccc3c21. The van der Waals surface area contributed by atoms with Crippen LogP contribution in [0.5, 0.6) is 0 Å². The number of nitrogens with zero attached hydrogens (tertiary/aromatic N) is 1. The highest BCUT2D eigenvalue weighted by Crippen LogP contribution is 2.47. The summed E-state index contributed by atoms with van der Waals surface area (Å²) in [6.07, 6.45) is 0. The van der Waals surface area contributed by atoms with Gasteiger partial charge in [0.15, 0.2) is 0 Å². The van der Waals surface area contributed by atoms with Crippen molar-refractivity contribution in [1.82, 2.24) is 0 Å². The third kappa shape index (κ3) is 4.22. The molecule has 2 nitrogen and oxygen atoms in total. The fraction of sp³-hybridized carbons (Fsp3) is 0.0417. The predicted molar refractivity (Wildman–Crippen MR) is 226 cm³/mol. The summed E-state index contributed by atoms with van der Waals surface area (Å²) in [5.74, 6) is 0. The van der Waals surface area contributed by atoms with Gasteiger partial charge in [-0.25, -0.2) is 0 Å². The van der Waals surface area contributed by atoms with Crippen LogP contribution < -0.4 is 15.3 Å². The fourth-order valence-corrected chi connectivity index (χ4v) is 13.0. The van der Waals surface area contributed by atoms with Crippen molar-refractivity contribution in [3.63, 3.8) is 0 Å². The third-order valence-electron chi connectivity index (χ3n) is 11.2. The molecule has 0 saturated carbocycles. The minimum absolute atomic E-state index is 0.948. The lowest BCUT2D eigenvalue weighted by Gasteiger charge is -2.29. The lowest BCUT2D eigenvalue weighted by atomic mass is 9.97. The van der Waals surface area contributed by atoms with Gasteiger partial charge in [-0.05, 0) is 98.0 Å². The molecule has 1 aliphatic heterocycles. The van der Waals surface area contributed by atoms with Gasteiger partial charge in [0.25, 0.3) is 0 Å². The van der Waals surface area contributed by atoms with Crippen LogP contribution in [-0.2, 0) is 0 Å². The highest BCUT2D eigenvalue weighted by atomic mass is 32.1. The Morgan fingerprint density at radius 2 is 1.23 bits per heavy atom. The zero-order valence-electron chi connectivity index (χ0n) is 28.9. The van der Waals surface area contributed by atoms with Gasteiger partial charge < -0.3 is 9.32 Å². The normalized spacial score (nSPS) is 13.3. The van der Waals surface area contributed by atoms with Crippen molar-refractivity contribution in [1.29, 1.82) is 0 Å². The Bertz CT molecular complexity index is 3070. The van der Waals surface area contributed by atoms with Crippen molar-refractivity contribution >= 4 is 99.7 Å². The molecule has 8 aromatic carbocycles. The van der Waals surface area contributed by atoms with E-state index >= 15 is 0 Å². The molecule has 0 spiro atoms. The molecule has 0 fully saturated rings. The van der Waals surface area contributed by atoms with E-state index in [1.807, 2.05) is 11.3 Å². The molecular weight excluding hydrogens is 667 g/mol. The molecule has 246 valence electrons. The van der Waals surface area contributed by atoms with Gasteiger partial charge >= 0.3 is 0 Å². The van der Waals surface area contributed by atoms with Gasteiger partial charge in [0.1, 0.15) is 19.2 Å².